The lowest BCUT2D eigenvalue weighted by Gasteiger charge is -2.46. The minimum atomic E-state index is -0.978. The Morgan fingerprint density at radius 1 is 1.50 bits per heavy atom. The predicted octanol–water partition coefficient (Wildman–Crippen LogP) is 1.24. The lowest BCUT2D eigenvalue weighted by Crippen LogP contribution is -2.53. The Kier molecular flexibility index (Phi) is 3.47. The summed E-state index contributed by atoms with van der Waals surface area (Å²) in [5.74, 6) is -0.604. The van der Waals surface area contributed by atoms with Gasteiger partial charge in [0.05, 0.1) is 19.1 Å². The number of carbonyl (C=O) groups is 2. The highest BCUT2D eigenvalue weighted by Gasteiger charge is 2.53. The average Bonchev–Trinajstić information content (AvgIpc) is 2.49. The van der Waals surface area contributed by atoms with Gasteiger partial charge in [-0.2, -0.15) is 0 Å². The van der Waals surface area contributed by atoms with E-state index < -0.39 is 17.3 Å². The third kappa shape index (κ3) is 1.94. The van der Waals surface area contributed by atoms with E-state index in [4.69, 9.17) is 15.2 Å². The zero-order valence-corrected chi connectivity index (χ0v) is 12.4. The van der Waals surface area contributed by atoms with Gasteiger partial charge >= 0.3 is 5.97 Å². The number of hydrogen-bond acceptors (Lipinski definition) is 4. The summed E-state index contributed by atoms with van der Waals surface area (Å²) in [5, 5.41) is 9.20. The number of ether oxygens (including phenoxy) is 2. The molecular weight excluding hydrogens is 286 g/mol. The molecule has 0 fully saturated rings. The molecule has 3 N–H and O–H groups in total. The molecule has 2 unspecified atom stereocenters. The number of benzene rings is 1. The first-order valence-electron chi connectivity index (χ1n) is 7.35. The first-order valence-corrected chi connectivity index (χ1v) is 7.35. The number of hydrogen-bond donors (Lipinski definition) is 2. The SMILES string of the molecule is COc1ccc2c3c1OCCC3(C(N)=O)C(CC(=O)O)CC2. The molecule has 2 atom stereocenters. The fourth-order valence-corrected chi connectivity index (χ4v) is 3.96. The highest BCUT2D eigenvalue weighted by molar-refractivity contribution is 5.90. The summed E-state index contributed by atoms with van der Waals surface area (Å²) in [6, 6.07) is 3.74. The zero-order chi connectivity index (χ0) is 15.9. The fourth-order valence-electron chi connectivity index (χ4n) is 3.96. The van der Waals surface area contributed by atoms with Crippen molar-refractivity contribution in [3.05, 3.63) is 23.3 Å². The molecule has 1 aromatic carbocycles. The van der Waals surface area contributed by atoms with Gasteiger partial charge in [-0.05, 0) is 30.4 Å². The second kappa shape index (κ2) is 5.19. The van der Waals surface area contributed by atoms with Crippen molar-refractivity contribution in [1.82, 2.24) is 0 Å². The molecule has 0 aromatic heterocycles. The summed E-state index contributed by atoms with van der Waals surface area (Å²) >= 11 is 0. The topological polar surface area (TPSA) is 98.9 Å². The number of carboxylic acid groups (broad SMARTS) is 1. The third-order valence-corrected chi connectivity index (χ3v) is 4.94. The van der Waals surface area contributed by atoms with Crippen LogP contribution in [-0.4, -0.2) is 30.7 Å². The molecule has 0 saturated heterocycles. The van der Waals surface area contributed by atoms with E-state index in [1.165, 1.54) is 0 Å². The molecule has 3 rings (SSSR count). The summed E-state index contributed by atoms with van der Waals surface area (Å²) in [7, 11) is 1.54. The van der Waals surface area contributed by atoms with Gasteiger partial charge in [0.15, 0.2) is 11.5 Å². The van der Waals surface area contributed by atoms with Crippen LogP contribution in [0, 0.1) is 5.92 Å². The monoisotopic (exact) mass is 305 g/mol. The lowest BCUT2D eigenvalue weighted by atomic mass is 9.59. The second-order valence-corrected chi connectivity index (χ2v) is 5.90. The van der Waals surface area contributed by atoms with E-state index in [1.807, 2.05) is 12.1 Å². The Bertz CT molecular complexity index is 642. The van der Waals surface area contributed by atoms with Crippen molar-refractivity contribution in [3.63, 3.8) is 0 Å². The Balaban J connectivity index is 2.23. The number of rotatable bonds is 4. The van der Waals surface area contributed by atoms with Crippen LogP contribution in [0.4, 0.5) is 0 Å². The number of aryl methyl sites for hydroxylation is 1. The molecule has 0 bridgehead atoms. The fraction of sp³-hybridized carbons (Fsp3) is 0.500. The summed E-state index contributed by atoms with van der Waals surface area (Å²) in [6.45, 7) is 0.325. The van der Waals surface area contributed by atoms with Crippen LogP contribution in [0.25, 0.3) is 0 Å². The van der Waals surface area contributed by atoms with Gasteiger partial charge in [-0.1, -0.05) is 6.07 Å². The first-order chi connectivity index (χ1) is 10.5. The van der Waals surface area contributed by atoms with Gasteiger partial charge in [-0.25, -0.2) is 0 Å². The molecule has 0 spiro atoms. The smallest absolute Gasteiger partial charge is 0.303 e. The van der Waals surface area contributed by atoms with Crippen LogP contribution in [0.15, 0.2) is 12.1 Å². The van der Waals surface area contributed by atoms with Gasteiger partial charge in [0, 0.05) is 18.4 Å². The normalized spacial score (nSPS) is 25.8. The van der Waals surface area contributed by atoms with Crippen molar-refractivity contribution in [1.29, 1.82) is 0 Å². The molecule has 1 heterocycles. The van der Waals surface area contributed by atoms with Gasteiger partial charge in [0.2, 0.25) is 5.91 Å². The number of aliphatic carboxylic acids is 1. The van der Waals surface area contributed by atoms with Crippen molar-refractivity contribution in [2.45, 2.75) is 31.1 Å². The van der Waals surface area contributed by atoms with E-state index in [-0.39, 0.29) is 12.3 Å². The molecule has 2 aliphatic rings. The Morgan fingerprint density at radius 2 is 2.27 bits per heavy atom. The molecule has 6 nitrogen and oxygen atoms in total. The molecule has 118 valence electrons. The van der Waals surface area contributed by atoms with E-state index >= 15 is 0 Å². The molecule has 1 aliphatic heterocycles. The Labute approximate surface area is 128 Å². The van der Waals surface area contributed by atoms with Crippen molar-refractivity contribution in [2.75, 3.05) is 13.7 Å². The number of primary amides is 1. The maximum atomic E-state index is 12.4. The molecule has 1 amide bonds. The zero-order valence-electron chi connectivity index (χ0n) is 12.4. The van der Waals surface area contributed by atoms with Crippen LogP contribution >= 0.6 is 0 Å². The highest BCUT2D eigenvalue weighted by Crippen LogP contribution is 2.54. The van der Waals surface area contributed by atoms with Crippen LogP contribution < -0.4 is 15.2 Å². The maximum absolute atomic E-state index is 12.4. The van der Waals surface area contributed by atoms with Crippen molar-refractivity contribution >= 4 is 11.9 Å². The lowest BCUT2D eigenvalue weighted by molar-refractivity contribution is -0.140. The van der Waals surface area contributed by atoms with Crippen molar-refractivity contribution in [3.8, 4) is 11.5 Å². The molecular formula is C16H19NO5. The molecule has 6 heteroatoms. The molecule has 0 radical (unpaired) electrons. The van der Waals surface area contributed by atoms with Crippen LogP contribution in [-0.2, 0) is 21.4 Å². The van der Waals surface area contributed by atoms with Gasteiger partial charge < -0.3 is 20.3 Å². The van der Waals surface area contributed by atoms with Crippen LogP contribution in [0.5, 0.6) is 11.5 Å². The van der Waals surface area contributed by atoms with Gasteiger partial charge in [-0.3, -0.25) is 9.59 Å². The number of amides is 1. The maximum Gasteiger partial charge on any atom is 0.303 e. The molecule has 1 aliphatic carbocycles. The van der Waals surface area contributed by atoms with E-state index in [0.717, 1.165) is 11.1 Å². The quantitative estimate of drug-likeness (QED) is 0.872. The molecule has 1 aromatic rings. The average molecular weight is 305 g/mol. The summed E-state index contributed by atoms with van der Waals surface area (Å²) in [6.07, 6.45) is 1.68. The van der Waals surface area contributed by atoms with E-state index in [2.05, 4.69) is 0 Å². The summed E-state index contributed by atoms with van der Waals surface area (Å²) in [4.78, 5) is 23.6. The Hall–Kier alpha value is -2.24. The number of methoxy groups -OCH3 is 1. The number of carbonyl (C=O) groups excluding carboxylic acids is 1. The number of nitrogens with two attached hydrogens (primary N) is 1. The first kappa shape index (κ1) is 14.7. The van der Waals surface area contributed by atoms with Gasteiger partial charge in [0.1, 0.15) is 0 Å². The highest BCUT2D eigenvalue weighted by atomic mass is 16.5. The minimum Gasteiger partial charge on any atom is -0.493 e. The van der Waals surface area contributed by atoms with Gasteiger partial charge in [0.25, 0.3) is 0 Å². The van der Waals surface area contributed by atoms with Gasteiger partial charge in [-0.15, -0.1) is 0 Å². The van der Waals surface area contributed by atoms with E-state index in [0.29, 0.717) is 37.4 Å². The van der Waals surface area contributed by atoms with Crippen LogP contribution in [0.3, 0.4) is 0 Å². The number of carboxylic acids is 1. The van der Waals surface area contributed by atoms with Crippen molar-refractivity contribution in [2.24, 2.45) is 11.7 Å². The van der Waals surface area contributed by atoms with E-state index in [9.17, 15) is 14.7 Å². The molecule has 0 saturated carbocycles. The summed E-state index contributed by atoms with van der Waals surface area (Å²) in [5.41, 5.74) is 6.52. The predicted molar refractivity (Wildman–Crippen MR) is 78.0 cm³/mol. The summed E-state index contributed by atoms with van der Waals surface area (Å²) < 4.78 is 11.1. The van der Waals surface area contributed by atoms with E-state index in [1.54, 1.807) is 7.11 Å². The minimum absolute atomic E-state index is 0.0704. The van der Waals surface area contributed by atoms with Crippen molar-refractivity contribution < 1.29 is 24.2 Å². The largest absolute Gasteiger partial charge is 0.493 e. The van der Waals surface area contributed by atoms with Crippen LogP contribution in [0.1, 0.15) is 30.4 Å². The van der Waals surface area contributed by atoms with Crippen LogP contribution in [0.2, 0.25) is 0 Å². The third-order valence-electron chi connectivity index (χ3n) is 4.94. The Morgan fingerprint density at radius 3 is 2.91 bits per heavy atom. The standard InChI is InChI=1S/C16H19NO5/c1-21-11-5-3-9-2-4-10(8-12(18)19)16(15(17)20)6-7-22-14(11)13(9)16/h3,5,10H,2,4,6-8H2,1H3,(H2,17,20)(H,18,19). The second-order valence-electron chi connectivity index (χ2n) is 5.90. The molecule has 22 heavy (non-hydrogen) atoms.